The summed E-state index contributed by atoms with van der Waals surface area (Å²) in [6, 6.07) is 4.69. The van der Waals surface area contributed by atoms with Crippen LogP contribution in [0.15, 0.2) is 18.2 Å². The Labute approximate surface area is 184 Å². The SMILES string of the molecule is CCOc1ccc(C(=O)OCC(=O)Nc2sc3c(c2C(N)=O)CCCC3)cc1OCC. The van der Waals surface area contributed by atoms with Crippen molar-refractivity contribution in [3.8, 4) is 11.5 Å². The van der Waals surface area contributed by atoms with Gasteiger partial charge in [-0.3, -0.25) is 9.59 Å². The average molecular weight is 447 g/mol. The van der Waals surface area contributed by atoms with Crippen LogP contribution in [0.5, 0.6) is 11.5 Å². The third-order valence-electron chi connectivity index (χ3n) is 4.78. The van der Waals surface area contributed by atoms with E-state index in [2.05, 4.69) is 5.32 Å². The summed E-state index contributed by atoms with van der Waals surface area (Å²) in [7, 11) is 0. The molecule has 0 spiro atoms. The minimum absolute atomic E-state index is 0.240. The number of ether oxygens (including phenoxy) is 3. The van der Waals surface area contributed by atoms with E-state index in [1.807, 2.05) is 13.8 Å². The summed E-state index contributed by atoms with van der Waals surface area (Å²) in [6.45, 7) is 4.06. The number of anilines is 1. The molecule has 3 N–H and O–H groups in total. The molecule has 1 heterocycles. The third-order valence-corrected chi connectivity index (χ3v) is 5.99. The summed E-state index contributed by atoms with van der Waals surface area (Å²) in [5.74, 6) is -0.812. The van der Waals surface area contributed by atoms with Gasteiger partial charge in [0.1, 0.15) is 5.00 Å². The van der Waals surface area contributed by atoms with Crippen molar-refractivity contribution in [2.75, 3.05) is 25.1 Å². The van der Waals surface area contributed by atoms with Crippen molar-refractivity contribution in [1.29, 1.82) is 0 Å². The minimum atomic E-state index is -0.667. The average Bonchev–Trinajstić information content (AvgIpc) is 3.11. The Bertz CT molecular complexity index is 985. The quantitative estimate of drug-likeness (QED) is 0.571. The zero-order valence-corrected chi connectivity index (χ0v) is 18.4. The highest BCUT2D eigenvalue weighted by molar-refractivity contribution is 7.17. The zero-order valence-electron chi connectivity index (χ0n) is 17.6. The van der Waals surface area contributed by atoms with E-state index in [0.717, 1.165) is 36.1 Å². The van der Waals surface area contributed by atoms with Crippen molar-refractivity contribution in [3.63, 3.8) is 0 Å². The number of nitrogens with one attached hydrogen (secondary N) is 1. The lowest BCUT2D eigenvalue weighted by Gasteiger charge is -2.12. The fraction of sp³-hybridized carbons (Fsp3) is 0.409. The minimum Gasteiger partial charge on any atom is -0.490 e. The van der Waals surface area contributed by atoms with Crippen LogP contribution < -0.4 is 20.5 Å². The number of esters is 1. The lowest BCUT2D eigenvalue weighted by atomic mass is 9.95. The van der Waals surface area contributed by atoms with Crippen molar-refractivity contribution in [2.24, 2.45) is 5.73 Å². The maximum absolute atomic E-state index is 12.4. The van der Waals surface area contributed by atoms with E-state index in [1.165, 1.54) is 17.4 Å². The number of primary amides is 1. The number of aryl methyl sites for hydroxylation is 1. The van der Waals surface area contributed by atoms with E-state index >= 15 is 0 Å². The van der Waals surface area contributed by atoms with Crippen LogP contribution >= 0.6 is 11.3 Å². The number of thiophene rings is 1. The van der Waals surface area contributed by atoms with E-state index in [1.54, 1.807) is 12.1 Å². The smallest absolute Gasteiger partial charge is 0.338 e. The van der Waals surface area contributed by atoms with Crippen molar-refractivity contribution < 1.29 is 28.6 Å². The van der Waals surface area contributed by atoms with Gasteiger partial charge in [-0.15, -0.1) is 11.3 Å². The number of hydrogen-bond donors (Lipinski definition) is 2. The molecule has 1 aliphatic carbocycles. The van der Waals surface area contributed by atoms with Gasteiger partial charge in [0.25, 0.3) is 11.8 Å². The molecule has 166 valence electrons. The van der Waals surface area contributed by atoms with E-state index in [9.17, 15) is 14.4 Å². The second kappa shape index (κ2) is 10.3. The molecule has 9 heteroatoms. The molecule has 8 nitrogen and oxygen atoms in total. The fourth-order valence-electron chi connectivity index (χ4n) is 3.47. The fourth-order valence-corrected chi connectivity index (χ4v) is 4.78. The number of carbonyl (C=O) groups excluding carboxylic acids is 3. The molecule has 2 amide bonds. The molecule has 31 heavy (non-hydrogen) atoms. The molecule has 0 unspecified atom stereocenters. The Hall–Kier alpha value is -3.07. The van der Waals surface area contributed by atoms with Crippen LogP contribution in [0.1, 0.15) is 57.8 Å². The van der Waals surface area contributed by atoms with E-state index < -0.39 is 24.4 Å². The molecule has 2 aromatic rings. The molecule has 0 radical (unpaired) electrons. The lowest BCUT2D eigenvalue weighted by molar-refractivity contribution is -0.119. The Morgan fingerprint density at radius 3 is 2.48 bits per heavy atom. The number of rotatable bonds is 9. The number of nitrogens with two attached hydrogens (primary N) is 1. The second-order valence-corrected chi connectivity index (χ2v) is 8.04. The lowest BCUT2D eigenvalue weighted by Crippen LogP contribution is -2.23. The van der Waals surface area contributed by atoms with Gasteiger partial charge in [-0.1, -0.05) is 0 Å². The highest BCUT2D eigenvalue weighted by atomic mass is 32.1. The van der Waals surface area contributed by atoms with Gasteiger partial charge >= 0.3 is 5.97 Å². The van der Waals surface area contributed by atoms with Gasteiger partial charge < -0.3 is 25.3 Å². The summed E-state index contributed by atoms with van der Waals surface area (Å²) < 4.78 is 16.1. The molecule has 0 aliphatic heterocycles. The molecular weight excluding hydrogens is 420 g/mol. The zero-order chi connectivity index (χ0) is 22.4. The Kier molecular flexibility index (Phi) is 7.51. The highest BCUT2D eigenvalue weighted by Crippen LogP contribution is 2.37. The number of benzene rings is 1. The first-order valence-corrected chi connectivity index (χ1v) is 11.1. The molecule has 0 bridgehead atoms. The maximum atomic E-state index is 12.4. The molecule has 0 saturated carbocycles. The van der Waals surface area contributed by atoms with Gasteiger partial charge in [-0.05, 0) is 63.3 Å². The third kappa shape index (κ3) is 5.35. The van der Waals surface area contributed by atoms with Gasteiger partial charge in [0.15, 0.2) is 18.1 Å². The van der Waals surface area contributed by atoms with Crippen LogP contribution in [0, 0.1) is 0 Å². The monoisotopic (exact) mass is 446 g/mol. The number of fused-ring (bicyclic) bond motifs is 1. The summed E-state index contributed by atoms with van der Waals surface area (Å²) in [5.41, 5.74) is 7.07. The number of hydrogen-bond acceptors (Lipinski definition) is 7. The van der Waals surface area contributed by atoms with Crippen LogP contribution in [0.4, 0.5) is 5.00 Å². The van der Waals surface area contributed by atoms with E-state index in [-0.39, 0.29) is 5.56 Å². The van der Waals surface area contributed by atoms with Gasteiger partial charge in [0.05, 0.1) is 24.3 Å². The summed E-state index contributed by atoms with van der Waals surface area (Å²) >= 11 is 1.36. The van der Waals surface area contributed by atoms with Crippen molar-refractivity contribution >= 4 is 34.1 Å². The molecule has 0 saturated heterocycles. The van der Waals surface area contributed by atoms with Crippen LogP contribution in [0.3, 0.4) is 0 Å². The standard InChI is InChI=1S/C22H26N2O6S/c1-3-28-15-10-9-13(11-16(15)29-4-2)22(27)30-12-18(25)24-21-19(20(23)26)14-7-5-6-8-17(14)31-21/h9-11H,3-8,12H2,1-2H3,(H2,23,26)(H,24,25). The van der Waals surface area contributed by atoms with Crippen LogP contribution in [0.2, 0.25) is 0 Å². The number of amides is 2. The first-order valence-electron chi connectivity index (χ1n) is 10.3. The molecular formula is C22H26N2O6S. The topological polar surface area (TPSA) is 117 Å². The van der Waals surface area contributed by atoms with Crippen LogP contribution in [-0.2, 0) is 22.4 Å². The van der Waals surface area contributed by atoms with Gasteiger partial charge in [-0.2, -0.15) is 0 Å². The highest BCUT2D eigenvalue weighted by Gasteiger charge is 2.25. The number of carbonyl (C=O) groups is 3. The molecule has 0 fully saturated rings. The molecule has 1 aliphatic rings. The molecule has 0 atom stereocenters. The molecule has 1 aromatic heterocycles. The second-order valence-electron chi connectivity index (χ2n) is 6.93. The predicted octanol–water partition coefficient (Wildman–Crippen LogP) is 3.32. The first-order chi connectivity index (χ1) is 14.9. The molecule has 1 aromatic carbocycles. The Morgan fingerprint density at radius 2 is 1.77 bits per heavy atom. The van der Waals surface area contributed by atoms with E-state index in [4.69, 9.17) is 19.9 Å². The molecule has 3 rings (SSSR count). The normalized spacial score (nSPS) is 12.6. The largest absolute Gasteiger partial charge is 0.490 e. The van der Waals surface area contributed by atoms with Crippen LogP contribution in [0.25, 0.3) is 0 Å². The van der Waals surface area contributed by atoms with Gasteiger partial charge in [0, 0.05) is 4.88 Å². The predicted molar refractivity (Wildman–Crippen MR) is 117 cm³/mol. The van der Waals surface area contributed by atoms with Gasteiger partial charge in [-0.25, -0.2) is 4.79 Å². The summed E-state index contributed by atoms with van der Waals surface area (Å²) in [5, 5.41) is 3.09. The van der Waals surface area contributed by atoms with Gasteiger partial charge in [0.2, 0.25) is 0 Å². The Balaban J connectivity index is 1.65. The van der Waals surface area contributed by atoms with Crippen molar-refractivity contribution in [3.05, 3.63) is 39.8 Å². The van der Waals surface area contributed by atoms with E-state index in [0.29, 0.717) is 35.3 Å². The van der Waals surface area contributed by atoms with Crippen molar-refractivity contribution in [1.82, 2.24) is 0 Å². The Morgan fingerprint density at radius 1 is 1.06 bits per heavy atom. The summed E-state index contributed by atoms with van der Waals surface area (Å²) in [6.07, 6.45) is 3.67. The van der Waals surface area contributed by atoms with Crippen LogP contribution in [-0.4, -0.2) is 37.6 Å². The first kappa shape index (κ1) is 22.6. The summed E-state index contributed by atoms with van der Waals surface area (Å²) in [4.78, 5) is 37.7. The van der Waals surface area contributed by atoms with Crippen molar-refractivity contribution in [2.45, 2.75) is 39.5 Å². The maximum Gasteiger partial charge on any atom is 0.338 e.